The van der Waals surface area contributed by atoms with Crippen molar-refractivity contribution in [3.63, 3.8) is 0 Å². The molecule has 5 heteroatoms. The van der Waals surface area contributed by atoms with E-state index in [1.54, 1.807) is 12.1 Å². The van der Waals surface area contributed by atoms with Gasteiger partial charge in [0.1, 0.15) is 5.82 Å². The fourth-order valence-corrected chi connectivity index (χ4v) is 3.27. The van der Waals surface area contributed by atoms with E-state index < -0.39 is 5.82 Å². The molecule has 3 nitrogen and oxygen atoms in total. The molecule has 3 rings (SSSR count). The van der Waals surface area contributed by atoms with Gasteiger partial charge in [-0.1, -0.05) is 36.6 Å². The zero-order valence-electron chi connectivity index (χ0n) is 11.8. The molecule has 0 spiro atoms. The molecule has 2 N–H and O–H groups in total. The van der Waals surface area contributed by atoms with Crippen LogP contribution in [0.25, 0.3) is 0 Å². The highest BCUT2D eigenvalue weighted by atomic mass is 35.5. The van der Waals surface area contributed by atoms with Gasteiger partial charge in [0.25, 0.3) is 0 Å². The van der Waals surface area contributed by atoms with Crippen molar-refractivity contribution in [2.45, 2.75) is 44.2 Å². The fraction of sp³-hybridized carbons (Fsp3) is 0.438. The molecule has 1 unspecified atom stereocenters. The van der Waals surface area contributed by atoms with Gasteiger partial charge in [0, 0.05) is 18.7 Å². The number of hydrogen-bond donors (Lipinski definition) is 1. The van der Waals surface area contributed by atoms with Crippen LogP contribution in [0.4, 0.5) is 4.39 Å². The molecule has 112 valence electrons. The van der Waals surface area contributed by atoms with E-state index in [0.29, 0.717) is 18.0 Å². The van der Waals surface area contributed by atoms with Gasteiger partial charge in [0.05, 0.1) is 16.8 Å². The van der Waals surface area contributed by atoms with Gasteiger partial charge in [-0.15, -0.1) is 0 Å². The lowest BCUT2D eigenvalue weighted by molar-refractivity contribution is 0.461. The molecule has 1 aromatic heterocycles. The Morgan fingerprint density at radius 2 is 2.10 bits per heavy atom. The van der Waals surface area contributed by atoms with E-state index in [2.05, 4.69) is 5.10 Å². The third kappa shape index (κ3) is 3.11. The van der Waals surface area contributed by atoms with E-state index in [0.717, 1.165) is 5.69 Å². The summed E-state index contributed by atoms with van der Waals surface area (Å²) in [6.07, 6.45) is 7.52. The van der Waals surface area contributed by atoms with Crippen molar-refractivity contribution in [1.29, 1.82) is 0 Å². The van der Waals surface area contributed by atoms with Gasteiger partial charge in [0.2, 0.25) is 0 Å². The van der Waals surface area contributed by atoms with Gasteiger partial charge in [0.15, 0.2) is 0 Å². The van der Waals surface area contributed by atoms with Gasteiger partial charge in [-0.05, 0) is 30.5 Å². The average molecular weight is 308 g/mol. The van der Waals surface area contributed by atoms with Crippen LogP contribution in [0.3, 0.4) is 0 Å². The van der Waals surface area contributed by atoms with E-state index in [1.807, 2.05) is 16.9 Å². The average Bonchev–Trinajstić information content (AvgIpc) is 3.12. The van der Waals surface area contributed by atoms with Crippen LogP contribution >= 0.6 is 11.6 Å². The molecule has 0 aliphatic heterocycles. The summed E-state index contributed by atoms with van der Waals surface area (Å²) in [6.45, 7) is 0. The predicted molar refractivity (Wildman–Crippen MR) is 81.8 cm³/mol. The quantitative estimate of drug-likeness (QED) is 0.926. The smallest absolute Gasteiger partial charge is 0.142 e. The van der Waals surface area contributed by atoms with Gasteiger partial charge >= 0.3 is 0 Å². The number of nitrogens with zero attached hydrogens (tertiary/aromatic N) is 2. The molecule has 0 bridgehead atoms. The van der Waals surface area contributed by atoms with Crippen LogP contribution in [0.5, 0.6) is 0 Å². The summed E-state index contributed by atoms with van der Waals surface area (Å²) in [6, 6.07) is 6.91. The molecule has 21 heavy (non-hydrogen) atoms. The summed E-state index contributed by atoms with van der Waals surface area (Å²) in [4.78, 5) is 0. The predicted octanol–water partition coefficient (Wildman–Crippen LogP) is 4.03. The molecule has 0 saturated heterocycles. The molecular formula is C16H19ClFN3. The van der Waals surface area contributed by atoms with Crippen molar-refractivity contribution in [1.82, 2.24) is 9.78 Å². The second-order valence-electron chi connectivity index (χ2n) is 5.68. The first kappa shape index (κ1) is 14.5. The van der Waals surface area contributed by atoms with Crippen LogP contribution in [-0.2, 0) is 6.42 Å². The molecule has 0 amide bonds. The van der Waals surface area contributed by atoms with Crippen LogP contribution in [0, 0.1) is 5.82 Å². The van der Waals surface area contributed by atoms with Crippen LogP contribution in [0.1, 0.15) is 49.0 Å². The lowest BCUT2D eigenvalue weighted by Gasteiger charge is -2.13. The van der Waals surface area contributed by atoms with Crippen molar-refractivity contribution < 1.29 is 4.39 Å². The SMILES string of the molecule is NC(Cc1ccn(C2CCCC2)n1)c1cccc(F)c1Cl. The number of hydrogen-bond acceptors (Lipinski definition) is 2. The van der Waals surface area contributed by atoms with Gasteiger partial charge < -0.3 is 5.73 Å². The maximum Gasteiger partial charge on any atom is 0.142 e. The van der Waals surface area contributed by atoms with Crippen LogP contribution in [0.15, 0.2) is 30.5 Å². The Kier molecular flexibility index (Phi) is 4.27. The minimum atomic E-state index is -0.430. The standard InChI is InChI=1S/C16H19ClFN3/c17-16-13(6-3-7-14(16)18)15(19)10-11-8-9-21(20-11)12-4-1-2-5-12/h3,6-9,12,15H,1-2,4-5,10,19H2. The molecule has 1 atom stereocenters. The lowest BCUT2D eigenvalue weighted by atomic mass is 10.0. The normalized spacial score (nSPS) is 17.3. The summed E-state index contributed by atoms with van der Waals surface area (Å²) >= 11 is 5.98. The Morgan fingerprint density at radius 1 is 1.33 bits per heavy atom. The van der Waals surface area contributed by atoms with Gasteiger partial charge in [-0.2, -0.15) is 5.10 Å². The molecule has 1 fully saturated rings. The van der Waals surface area contributed by atoms with Gasteiger partial charge in [-0.3, -0.25) is 4.68 Å². The topological polar surface area (TPSA) is 43.8 Å². The Hall–Kier alpha value is -1.39. The second-order valence-corrected chi connectivity index (χ2v) is 6.06. The maximum atomic E-state index is 13.5. The third-order valence-electron chi connectivity index (χ3n) is 4.17. The molecule has 0 radical (unpaired) electrons. The van der Waals surface area contributed by atoms with Crippen LogP contribution in [0.2, 0.25) is 5.02 Å². The third-order valence-corrected chi connectivity index (χ3v) is 4.57. The molecule has 2 aromatic rings. The largest absolute Gasteiger partial charge is 0.324 e. The minimum absolute atomic E-state index is 0.111. The zero-order valence-corrected chi connectivity index (χ0v) is 12.6. The second kappa shape index (κ2) is 6.16. The molecule has 1 aliphatic carbocycles. The Balaban J connectivity index is 1.72. The summed E-state index contributed by atoms with van der Waals surface area (Å²) < 4.78 is 15.5. The fourth-order valence-electron chi connectivity index (χ4n) is 3.00. The first-order valence-corrected chi connectivity index (χ1v) is 7.76. The Bertz CT molecular complexity index is 620. The number of aromatic nitrogens is 2. The summed E-state index contributed by atoms with van der Waals surface area (Å²) in [5, 5.41) is 4.72. The number of benzene rings is 1. The zero-order chi connectivity index (χ0) is 14.8. The molecule has 1 heterocycles. The molecular weight excluding hydrogens is 289 g/mol. The van der Waals surface area contributed by atoms with E-state index >= 15 is 0 Å². The summed E-state index contributed by atoms with van der Waals surface area (Å²) in [5.41, 5.74) is 7.72. The highest BCUT2D eigenvalue weighted by molar-refractivity contribution is 6.31. The van der Waals surface area contributed by atoms with Crippen molar-refractivity contribution in [2.24, 2.45) is 5.73 Å². The molecule has 1 aliphatic rings. The van der Waals surface area contributed by atoms with E-state index in [9.17, 15) is 4.39 Å². The number of rotatable bonds is 4. The Morgan fingerprint density at radius 3 is 2.86 bits per heavy atom. The van der Waals surface area contributed by atoms with Crippen molar-refractivity contribution in [3.8, 4) is 0 Å². The highest BCUT2D eigenvalue weighted by Gasteiger charge is 2.19. The number of nitrogens with two attached hydrogens (primary N) is 1. The summed E-state index contributed by atoms with van der Waals surface area (Å²) in [7, 11) is 0. The molecule has 1 saturated carbocycles. The van der Waals surface area contributed by atoms with Crippen LogP contribution in [-0.4, -0.2) is 9.78 Å². The first-order valence-electron chi connectivity index (χ1n) is 7.38. The molecule has 1 aromatic carbocycles. The van der Waals surface area contributed by atoms with Gasteiger partial charge in [-0.25, -0.2) is 4.39 Å². The maximum absolute atomic E-state index is 13.5. The lowest BCUT2D eigenvalue weighted by Crippen LogP contribution is -2.15. The summed E-state index contributed by atoms with van der Waals surface area (Å²) in [5.74, 6) is -0.430. The monoisotopic (exact) mass is 307 g/mol. The Labute approximate surface area is 128 Å². The van der Waals surface area contributed by atoms with Crippen molar-refractivity contribution in [2.75, 3.05) is 0 Å². The number of halogens is 2. The first-order chi connectivity index (χ1) is 10.1. The van der Waals surface area contributed by atoms with Crippen molar-refractivity contribution >= 4 is 11.6 Å². The highest BCUT2D eigenvalue weighted by Crippen LogP contribution is 2.30. The van der Waals surface area contributed by atoms with E-state index in [4.69, 9.17) is 17.3 Å². The minimum Gasteiger partial charge on any atom is -0.324 e. The van der Waals surface area contributed by atoms with E-state index in [-0.39, 0.29) is 11.1 Å². The van der Waals surface area contributed by atoms with E-state index in [1.165, 1.54) is 31.7 Å². The van der Waals surface area contributed by atoms with Crippen molar-refractivity contribution in [3.05, 3.63) is 52.6 Å². The van der Waals surface area contributed by atoms with Crippen LogP contribution < -0.4 is 5.73 Å².